The fraction of sp³-hybridized carbons (Fsp3) is 0.200. The lowest BCUT2D eigenvalue weighted by Gasteiger charge is -2.09. The van der Waals surface area contributed by atoms with Gasteiger partial charge in [-0.2, -0.15) is 0 Å². The van der Waals surface area contributed by atoms with Gasteiger partial charge in [0.05, 0.1) is 7.11 Å². The molecule has 0 spiro atoms. The average molecular weight is 269 g/mol. The summed E-state index contributed by atoms with van der Waals surface area (Å²) in [6.45, 7) is 0.948. The Labute approximate surface area is 117 Å². The zero-order chi connectivity index (χ0) is 13.9. The second kappa shape index (κ2) is 5.21. The summed E-state index contributed by atoms with van der Waals surface area (Å²) in [6.07, 6.45) is 2.58. The number of ether oxygens (including phenoxy) is 1. The standard InChI is InChI=1S/C15H15N3O2/c1-20-15-12(3-2-7-17-15)14(19)18-11-4-5-13-10(9-11)6-8-16-13/h2-5,7,9,16H,6,8H2,1H3,(H,18,19). The van der Waals surface area contributed by atoms with Crippen LogP contribution in [0.25, 0.3) is 0 Å². The fourth-order valence-corrected chi connectivity index (χ4v) is 2.31. The Morgan fingerprint density at radius 2 is 2.30 bits per heavy atom. The molecule has 1 aliphatic rings. The van der Waals surface area contributed by atoms with Crippen molar-refractivity contribution < 1.29 is 9.53 Å². The molecule has 1 aliphatic heterocycles. The number of nitrogens with zero attached hydrogens (tertiary/aromatic N) is 1. The van der Waals surface area contributed by atoms with Crippen LogP contribution in [0, 0.1) is 0 Å². The molecule has 0 fully saturated rings. The van der Waals surface area contributed by atoms with Gasteiger partial charge in [0.15, 0.2) is 0 Å². The van der Waals surface area contributed by atoms with Crippen LogP contribution in [0.4, 0.5) is 11.4 Å². The van der Waals surface area contributed by atoms with Gasteiger partial charge in [-0.3, -0.25) is 4.79 Å². The molecule has 2 N–H and O–H groups in total. The van der Waals surface area contributed by atoms with Crippen LogP contribution >= 0.6 is 0 Å². The second-order valence-corrected chi connectivity index (χ2v) is 4.56. The number of fused-ring (bicyclic) bond motifs is 1. The Bertz CT molecular complexity index is 655. The van der Waals surface area contributed by atoms with E-state index in [-0.39, 0.29) is 5.91 Å². The molecule has 1 aromatic carbocycles. The highest BCUT2D eigenvalue weighted by atomic mass is 16.5. The maximum atomic E-state index is 12.2. The predicted octanol–water partition coefficient (Wildman–Crippen LogP) is 2.31. The van der Waals surface area contributed by atoms with E-state index in [1.54, 1.807) is 18.3 Å². The number of pyridine rings is 1. The molecule has 0 bridgehead atoms. The summed E-state index contributed by atoms with van der Waals surface area (Å²) in [5, 5.41) is 6.16. The Morgan fingerprint density at radius 3 is 3.15 bits per heavy atom. The topological polar surface area (TPSA) is 63.2 Å². The van der Waals surface area contributed by atoms with Crippen LogP contribution in [0.15, 0.2) is 36.5 Å². The summed E-state index contributed by atoms with van der Waals surface area (Å²) < 4.78 is 5.10. The minimum absolute atomic E-state index is 0.221. The van der Waals surface area contributed by atoms with Crippen LogP contribution in [-0.4, -0.2) is 24.5 Å². The molecule has 0 radical (unpaired) electrons. The summed E-state index contributed by atoms with van der Waals surface area (Å²) in [5.41, 5.74) is 3.57. The number of anilines is 2. The third-order valence-corrected chi connectivity index (χ3v) is 3.28. The lowest BCUT2D eigenvalue weighted by molar-refractivity contribution is 0.102. The largest absolute Gasteiger partial charge is 0.480 e. The summed E-state index contributed by atoms with van der Waals surface area (Å²) >= 11 is 0. The lowest BCUT2D eigenvalue weighted by Crippen LogP contribution is -2.13. The zero-order valence-corrected chi connectivity index (χ0v) is 11.1. The van der Waals surface area contributed by atoms with Crippen molar-refractivity contribution in [1.82, 2.24) is 4.98 Å². The number of amides is 1. The quantitative estimate of drug-likeness (QED) is 0.897. The minimum Gasteiger partial charge on any atom is -0.480 e. The number of methoxy groups -OCH3 is 1. The van der Waals surface area contributed by atoms with Gasteiger partial charge < -0.3 is 15.4 Å². The lowest BCUT2D eigenvalue weighted by atomic mass is 10.1. The number of hydrogen-bond acceptors (Lipinski definition) is 4. The molecule has 2 heterocycles. The number of benzene rings is 1. The first-order valence-corrected chi connectivity index (χ1v) is 6.45. The summed E-state index contributed by atoms with van der Waals surface area (Å²) in [7, 11) is 1.50. The van der Waals surface area contributed by atoms with Crippen molar-refractivity contribution in [2.24, 2.45) is 0 Å². The maximum Gasteiger partial charge on any atom is 0.261 e. The number of hydrogen-bond donors (Lipinski definition) is 2. The molecule has 20 heavy (non-hydrogen) atoms. The van der Waals surface area contributed by atoms with Crippen LogP contribution in [-0.2, 0) is 6.42 Å². The van der Waals surface area contributed by atoms with E-state index < -0.39 is 0 Å². The SMILES string of the molecule is COc1ncccc1C(=O)Nc1ccc2c(c1)CCN2. The molecule has 0 saturated carbocycles. The van der Waals surface area contributed by atoms with Crippen molar-refractivity contribution in [3.63, 3.8) is 0 Å². The second-order valence-electron chi connectivity index (χ2n) is 4.56. The zero-order valence-electron chi connectivity index (χ0n) is 11.1. The van der Waals surface area contributed by atoms with Crippen LogP contribution in [0.1, 0.15) is 15.9 Å². The Hall–Kier alpha value is -2.56. The Balaban J connectivity index is 1.82. The Kier molecular flexibility index (Phi) is 3.25. The van der Waals surface area contributed by atoms with Crippen molar-refractivity contribution >= 4 is 17.3 Å². The van der Waals surface area contributed by atoms with E-state index in [2.05, 4.69) is 15.6 Å². The molecule has 0 atom stereocenters. The van der Waals surface area contributed by atoms with Gasteiger partial charge in [-0.1, -0.05) is 0 Å². The highest BCUT2D eigenvalue weighted by molar-refractivity contribution is 6.05. The first kappa shape index (κ1) is 12.5. The van der Waals surface area contributed by atoms with Crippen molar-refractivity contribution in [3.05, 3.63) is 47.7 Å². The molecule has 1 aromatic heterocycles. The number of rotatable bonds is 3. The highest BCUT2D eigenvalue weighted by Crippen LogP contribution is 2.26. The Morgan fingerprint density at radius 1 is 1.40 bits per heavy atom. The molecule has 0 saturated heterocycles. The molecule has 102 valence electrons. The number of aromatic nitrogens is 1. The fourth-order valence-electron chi connectivity index (χ4n) is 2.31. The van der Waals surface area contributed by atoms with Crippen molar-refractivity contribution in [3.8, 4) is 5.88 Å². The van der Waals surface area contributed by atoms with Crippen LogP contribution in [0.3, 0.4) is 0 Å². The van der Waals surface area contributed by atoms with Crippen LogP contribution < -0.4 is 15.4 Å². The highest BCUT2D eigenvalue weighted by Gasteiger charge is 2.15. The molecular weight excluding hydrogens is 254 g/mol. The van der Waals surface area contributed by atoms with Crippen LogP contribution in [0.5, 0.6) is 5.88 Å². The normalized spacial score (nSPS) is 12.4. The van der Waals surface area contributed by atoms with E-state index >= 15 is 0 Å². The van der Waals surface area contributed by atoms with E-state index in [4.69, 9.17) is 4.74 Å². The molecule has 1 amide bonds. The number of nitrogens with one attached hydrogen (secondary N) is 2. The number of carbonyl (C=O) groups excluding carboxylic acids is 1. The molecule has 2 aromatic rings. The van der Waals surface area contributed by atoms with Crippen LogP contribution in [0.2, 0.25) is 0 Å². The average Bonchev–Trinajstić information content (AvgIpc) is 2.94. The number of carbonyl (C=O) groups is 1. The van der Waals surface area contributed by atoms with E-state index in [9.17, 15) is 4.79 Å². The predicted molar refractivity (Wildman–Crippen MR) is 77.4 cm³/mol. The monoisotopic (exact) mass is 269 g/mol. The smallest absolute Gasteiger partial charge is 0.261 e. The van der Waals surface area contributed by atoms with Gasteiger partial charge in [-0.25, -0.2) is 4.98 Å². The third-order valence-electron chi connectivity index (χ3n) is 3.28. The van der Waals surface area contributed by atoms with Gasteiger partial charge in [0.2, 0.25) is 5.88 Å². The van der Waals surface area contributed by atoms with E-state index in [0.717, 1.165) is 24.3 Å². The van der Waals surface area contributed by atoms with Crippen molar-refractivity contribution in [2.45, 2.75) is 6.42 Å². The van der Waals surface area contributed by atoms with Gasteiger partial charge in [0, 0.05) is 24.1 Å². The molecule has 3 rings (SSSR count). The van der Waals surface area contributed by atoms with Crippen molar-refractivity contribution in [2.75, 3.05) is 24.3 Å². The summed E-state index contributed by atoms with van der Waals surface area (Å²) in [5.74, 6) is 0.105. The molecule has 5 nitrogen and oxygen atoms in total. The molecular formula is C15H15N3O2. The van der Waals surface area contributed by atoms with Crippen molar-refractivity contribution in [1.29, 1.82) is 0 Å². The van der Waals surface area contributed by atoms with E-state index in [1.807, 2.05) is 18.2 Å². The minimum atomic E-state index is -0.221. The molecule has 5 heteroatoms. The first-order valence-electron chi connectivity index (χ1n) is 6.45. The maximum absolute atomic E-state index is 12.2. The van der Waals surface area contributed by atoms with E-state index in [1.165, 1.54) is 12.7 Å². The summed E-state index contributed by atoms with van der Waals surface area (Å²) in [6, 6.07) is 9.27. The van der Waals surface area contributed by atoms with Gasteiger partial charge in [0.25, 0.3) is 5.91 Å². The van der Waals surface area contributed by atoms with Gasteiger partial charge in [-0.05, 0) is 42.3 Å². The molecule has 0 aliphatic carbocycles. The molecule has 0 unspecified atom stereocenters. The van der Waals surface area contributed by atoms with Gasteiger partial charge >= 0.3 is 0 Å². The summed E-state index contributed by atoms with van der Waals surface area (Å²) in [4.78, 5) is 16.3. The van der Waals surface area contributed by atoms with Gasteiger partial charge in [-0.15, -0.1) is 0 Å². The van der Waals surface area contributed by atoms with Gasteiger partial charge in [0.1, 0.15) is 5.56 Å². The van der Waals surface area contributed by atoms with E-state index in [0.29, 0.717) is 11.4 Å². The first-order chi connectivity index (χ1) is 9.78. The third kappa shape index (κ3) is 2.30.